The molecule has 0 aliphatic rings. The molecule has 0 aromatic heterocycles. The maximum absolute atomic E-state index is 13.0. The number of ether oxygens (including phenoxy) is 1. The molecule has 18 heavy (non-hydrogen) atoms. The van der Waals surface area contributed by atoms with Gasteiger partial charge in [0, 0.05) is 10.5 Å². The van der Waals surface area contributed by atoms with Gasteiger partial charge < -0.3 is 4.74 Å². The normalized spacial score (nSPS) is 10.2. The highest BCUT2D eigenvalue weighted by atomic mass is 79.9. The lowest BCUT2D eigenvalue weighted by Gasteiger charge is -2.08. The number of carbonyl (C=O) groups excluding carboxylic acids is 1. The van der Waals surface area contributed by atoms with Crippen LogP contribution in [0.25, 0.3) is 0 Å². The van der Waals surface area contributed by atoms with Gasteiger partial charge >= 0.3 is 0 Å². The fourth-order valence-corrected chi connectivity index (χ4v) is 1.70. The molecule has 0 atom stereocenters. The third-order valence-electron chi connectivity index (χ3n) is 2.22. The molecule has 2 aromatic rings. The van der Waals surface area contributed by atoms with Gasteiger partial charge in [-0.1, -0.05) is 15.9 Å². The summed E-state index contributed by atoms with van der Waals surface area (Å²) in [5.74, 6) is -1.57. The molecule has 0 spiro atoms. The van der Waals surface area contributed by atoms with Crippen molar-refractivity contribution in [2.45, 2.75) is 0 Å². The van der Waals surface area contributed by atoms with Gasteiger partial charge in [0.15, 0.2) is 17.9 Å². The van der Waals surface area contributed by atoms with Gasteiger partial charge in [-0.15, -0.1) is 0 Å². The number of carbonyl (C=O) groups is 1. The Kier molecular flexibility index (Phi) is 3.72. The zero-order chi connectivity index (χ0) is 13.1. The number of halogens is 3. The van der Waals surface area contributed by atoms with E-state index in [1.807, 2.05) is 0 Å². The summed E-state index contributed by atoms with van der Waals surface area (Å²) in [5, 5.41) is 0. The molecule has 0 saturated heterocycles. The highest BCUT2D eigenvalue weighted by Crippen LogP contribution is 2.28. The van der Waals surface area contributed by atoms with Gasteiger partial charge in [-0.05, 0) is 30.3 Å². The van der Waals surface area contributed by atoms with Crippen LogP contribution >= 0.6 is 15.9 Å². The van der Waals surface area contributed by atoms with Crippen LogP contribution in [-0.2, 0) is 0 Å². The van der Waals surface area contributed by atoms with E-state index in [1.54, 1.807) is 18.2 Å². The average Bonchev–Trinajstić information content (AvgIpc) is 2.34. The molecule has 2 aromatic carbocycles. The molecule has 0 bridgehead atoms. The monoisotopic (exact) mass is 312 g/mol. The Bertz CT molecular complexity index is 600. The predicted octanol–water partition coefficient (Wildman–Crippen LogP) is 4.33. The minimum atomic E-state index is -1.00. The van der Waals surface area contributed by atoms with Crippen LogP contribution in [0.4, 0.5) is 8.78 Å². The second kappa shape index (κ2) is 5.27. The van der Waals surface area contributed by atoms with Crippen molar-refractivity contribution >= 4 is 22.2 Å². The van der Waals surface area contributed by atoms with Crippen LogP contribution in [0.1, 0.15) is 10.4 Å². The Morgan fingerprint density at radius 3 is 2.50 bits per heavy atom. The molecule has 2 rings (SSSR count). The fourth-order valence-electron chi connectivity index (χ4n) is 1.36. The van der Waals surface area contributed by atoms with Crippen LogP contribution in [0, 0.1) is 11.6 Å². The molecule has 0 amide bonds. The van der Waals surface area contributed by atoms with Gasteiger partial charge in [0.05, 0.1) is 5.56 Å². The zero-order valence-electron chi connectivity index (χ0n) is 8.99. The molecule has 2 nitrogen and oxygen atoms in total. The van der Waals surface area contributed by atoms with E-state index in [2.05, 4.69) is 15.9 Å². The van der Waals surface area contributed by atoms with E-state index in [-0.39, 0.29) is 11.5 Å². The number of benzene rings is 2. The quantitative estimate of drug-likeness (QED) is 0.788. The molecule has 5 heteroatoms. The van der Waals surface area contributed by atoms with Gasteiger partial charge in [-0.3, -0.25) is 4.79 Å². The van der Waals surface area contributed by atoms with E-state index >= 15 is 0 Å². The summed E-state index contributed by atoms with van der Waals surface area (Å²) in [5.41, 5.74) is 0.322. The summed E-state index contributed by atoms with van der Waals surface area (Å²) < 4.78 is 31.8. The van der Waals surface area contributed by atoms with Gasteiger partial charge in [0.2, 0.25) is 0 Å². The Labute approximate surface area is 110 Å². The smallest absolute Gasteiger partial charge is 0.162 e. The molecule has 92 valence electrons. The van der Waals surface area contributed by atoms with E-state index in [4.69, 9.17) is 4.74 Å². The summed E-state index contributed by atoms with van der Waals surface area (Å²) >= 11 is 3.23. The summed E-state index contributed by atoms with van der Waals surface area (Å²) in [4.78, 5) is 10.8. The third kappa shape index (κ3) is 2.73. The van der Waals surface area contributed by atoms with Crippen molar-refractivity contribution in [3.05, 3.63) is 58.1 Å². The van der Waals surface area contributed by atoms with Crippen molar-refractivity contribution in [3.8, 4) is 11.5 Å². The first-order valence-corrected chi connectivity index (χ1v) is 5.77. The molecule has 0 aliphatic carbocycles. The Morgan fingerprint density at radius 2 is 1.83 bits per heavy atom. The van der Waals surface area contributed by atoms with Crippen molar-refractivity contribution < 1.29 is 18.3 Å². The van der Waals surface area contributed by atoms with E-state index in [0.717, 1.165) is 12.1 Å². The van der Waals surface area contributed by atoms with E-state index in [0.29, 0.717) is 16.3 Å². The van der Waals surface area contributed by atoms with Gasteiger partial charge in [0.25, 0.3) is 0 Å². The summed E-state index contributed by atoms with van der Waals surface area (Å²) in [6.45, 7) is 0. The van der Waals surface area contributed by atoms with Gasteiger partial charge in [-0.25, -0.2) is 8.78 Å². The van der Waals surface area contributed by atoms with E-state index < -0.39 is 11.6 Å². The maximum atomic E-state index is 13.0. The summed E-state index contributed by atoms with van der Waals surface area (Å²) in [7, 11) is 0. The molecule has 0 saturated carbocycles. The lowest BCUT2D eigenvalue weighted by molar-refractivity contribution is 0.112. The molecule has 0 N–H and O–H groups in total. The molecular formula is C13H7BrF2O2. The first-order chi connectivity index (χ1) is 8.60. The molecule has 0 unspecified atom stereocenters. The topological polar surface area (TPSA) is 26.3 Å². The fraction of sp³-hybridized carbons (Fsp3) is 0. The Hall–Kier alpha value is -1.75. The first-order valence-electron chi connectivity index (χ1n) is 4.98. The number of hydrogen-bond donors (Lipinski definition) is 0. The largest absolute Gasteiger partial charge is 0.456 e. The third-order valence-corrected chi connectivity index (χ3v) is 2.71. The molecule has 0 fully saturated rings. The minimum absolute atomic E-state index is 0.120. The average molecular weight is 313 g/mol. The highest BCUT2D eigenvalue weighted by molar-refractivity contribution is 9.10. The molecule has 0 heterocycles. The maximum Gasteiger partial charge on any atom is 0.162 e. The first kappa shape index (κ1) is 12.7. The van der Waals surface area contributed by atoms with Crippen molar-refractivity contribution in [2.24, 2.45) is 0 Å². The van der Waals surface area contributed by atoms with Crippen LogP contribution in [0.15, 0.2) is 40.9 Å². The van der Waals surface area contributed by atoms with Crippen LogP contribution < -0.4 is 4.74 Å². The van der Waals surface area contributed by atoms with Crippen LogP contribution in [0.3, 0.4) is 0 Å². The number of aldehydes is 1. The Morgan fingerprint density at radius 1 is 1.06 bits per heavy atom. The van der Waals surface area contributed by atoms with E-state index in [9.17, 15) is 13.6 Å². The molecule has 0 aliphatic heterocycles. The van der Waals surface area contributed by atoms with Crippen LogP contribution in [-0.4, -0.2) is 6.29 Å². The lowest BCUT2D eigenvalue weighted by Crippen LogP contribution is -1.92. The SMILES string of the molecule is O=Cc1ccc(Br)cc1Oc1ccc(F)c(F)c1. The van der Waals surface area contributed by atoms with Gasteiger partial charge in [-0.2, -0.15) is 0 Å². The number of rotatable bonds is 3. The van der Waals surface area contributed by atoms with Crippen LogP contribution in [0.5, 0.6) is 11.5 Å². The summed E-state index contributed by atoms with van der Waals surface area (Å²) in [6.07, 6.45) is 0.627. The van der Waals surface area contributed by atoms with Crippen molar-refractivity contribution in [1.82, 2.24) is 0 Å². The highest BCUT2D eigenvalue weighted by Gasteiger charge is 2.08. The van der Waals surface area contributed by atoms with E-state index in [1.165, 1.54) is 6.07 Å². The van der Waals surface area contributed by atoms with Crippen molar-refractivity contribution in [3.63, 3.8) is 0 Å². The Balaban J connectivity index is 2.35. The second-order valence-electron chi connectivity index (χ2n) is 3.48. The van der Waals surface area contributed by atoms with Gasteiger partial charge in [0.1, 0.15) is 11.5 Å². The zero-order valence-corrected chi connectivity index (χ0v) is 10.6. The second-order valence-corrected chi connectivity index (χ2v) is 4.39. The minimum Gasteiger partial charge on any atom is -0.456 e. The van der Waals surface area contributed by atoms with Crippen molar-refractivity contribution in [1.29, 1.82) is 0 Å². The summed E-state index contributed by atoms with van der Waals surface area (Å²) in [6, 6.07) is 7.99. The predicted molar refractivity (Wildman–Crippen MR) is 66.0 cm³/mol. The molecular weight excluding hydrogens is 306 g/mol. The number of hydrogen-bond acceptors (Lipinski definition) is 2. The lowest BCUT2D eigenvalue weighted by atomic mass is 10.2. The molecule has 0 radical (unpaired) electrons. The van der Waals surface area contributed by atoms with Crippen LogP contribution in [0.2, 0.25) is 0 Å². The standard InChI is InChI=1S/C13H7BrF2O2/c14-9-2-1-8(7-17)13(5-9)18-10-3-4-11(15)12(16)6-10/h1-7H. The van der Waals surface area contributed by atoms with Crippen molar-refractivity contribution in [2.75, 3.05) is 0 Å².